The molecule has 1 aromatic carbocycles. The number of ketones is 1. The summed E-state index contributed by atoms with van der Waals surface area (Å²) in [7, 11) is 0. The van der Waals surface area contributed by atoms with Crippen LogP contribution in [0.1, 0.15) is 26.2 Å². The Bertz CT molecular complexity index is 539. The number of carbonyl (C=O) groups excluding carboxylic acids is 2. The summed E-state index contributed by atoms with van der Waals surface area (Å²) in [4.78, 5) is 35.8. The van der Waals surface area contributed by atoms with Crippen molar-refractivity contribution in [3.05, 3.63) is 34.4 Å². The van der Waals surface area contributed by atoms with Gasteiger partial charge in [0.25, 0.3) is 5.69 Å². The van der Waals surface area contributed by atoms with Gasteiger partial charge in [-0.05, 0) is 25.0 Å². The molecule has 1 amide bonds. The molecule has 1 aromatic rings. The molecular weight excluding hydrogens is 260 g/mol. The number of nitrogens with zero attached hydrogens (tertiary/aromatic N) is 2. The largest absolute Gasteiger partial charge is 0.312 e. The minimum absolute atomic E-state index is 0.0145. The van der Waals surface area contributed by atoms with Gasteiger partial charge >= 0.3 is 0 Å². The van der Waals surface area contributed by atoms with Crippen molar-refractivity contribution in [1.82, 2.24) is 0 Å². The first-order chi connectivity index (χ1) is 9.54. The molecule has 1 aliphatic heterocycles. The van der Waals surface area contributed by atoms with Crippen molar-refractivity contribution in [2.45, 2.75) is 26.2 Å². The Morgan fingerprint density at radius 3 is 2.60 bits per heavy atom. The first-order valence-corrected chi connectivity index (χ1v) is 6.63. The Hall–Kier alpha value is -2.24. The Labute approximate surface area is 116 Å². The van der Waals surface area contributed by atoms with E-state index in [0.717, 1.165) is 6.42 Å². The summed E-state index contributed by atoms with van der Waals surface area (Å²) in [6.07, 6.45) is 1.71. The highest BCUT2D eigenvalue weighted by molar-refractivity contribution is 6.08. The molecule has 1 unspecified atom stereocenters. The standard InChI is InChI=1S/C14H16N2O4/c1-2-13(17)12-4-3-9-15(14(12)18)10-5-7-11(8-6-10)16(19)20/h5-8,12H,2-4,9H2,1H3. The van der Waals surface area contributed by atoms with E-state index in [1.807, 2.05) is 0 Å². The van der Waals surface area contributed by atoms with Gasteiger partial charge in [0.2, 0.25) is 5.91 Å². The number of carbonyl (C=O) groups is 2. The van der Waals surface area contributed by atoms with Crippen LogP contribution in [0.3, 0.4) is 0 Å². The Morgan fingerprint density at radius 2 is 2.05 bits per heavy atom. The molecular formula is C14H16N2O4. The van der Waals surface area contributed by atoms with Crippen LogP contribution in [0.5, 0.6) is 0 Å². The molecule has 0 N–H and O–H groups in total. The maximum Gasteiger partial charge on any atom is 0.269 e. The highest BCUT2D eigenvalue weighted by Crippen LogP contribution is 2.27. The highest BCUT2D eigenvalue weighted by Gasteiger charge is 2.33. The van der Waals surface area contributed by atoms with Gasteiger partial charge in [-0.15, -0.1) is 0 Å². The van der Waals surface area contributed by atoms with Gasteiger partial charge in [0.15, 0.2) is 0 Å². The predicted octanol–water partition coefficient (Wildman–Crippen LogP) is 2.32. The zero-order chi connectivity index (χ0) is 14.7. The van der Waals surface area contributed by atoms with E-state index >= 15 is 0 Å². The minimum atomic E-state index is -0.566. The van der Waals surface area contributed by atoms with E-state index < -0.39 is 10.8 Å². The van der Waals surface area contributed by atoms with E-state index in [-0.39, 0.29) is 17.4 Å². The fourth-order valence-corrected chi connectivity index (χ4v) is 2.43. The molecule has 106 valence electrons. The molecule has 0 saturated carbocycles. The van der Waals surface area contributed by atoms with Crippen LogP contribution < -0.4 is 4.90 Å². The first-order valence-electron chi connectivity index (χ1n) is 6.63. The lowest BCUT2D eigenvalue weighted by Gasteiger charge is -2.31. The van der Waals surface area contributed by atoms with Gasteiger partial charge in [-0.1, -0.05) is 6.92 Å². The van der Waals surface area contributed by atoms with Crippen molar-refractivity contribution >= 4 is 23.1 Å². The molecule has 0 spiro atoms. The van der Waals surface area contributed by atoms with Crippen LogP contribution in [0.15, 0.2) is 24.3 Å². The maximum absolute atomic E-state index is 12.3. The summed E-state index contributed by atoms with van der Waals surface area (Å²) in [5.41, 5.74) is 0.591. The van der Waals surface area contributed by atoms with Crippen molar-refractivity contribution < 1.29 is 14.5 Å². The number of anilines is 1. The topological polar surface area (TPSA) is 80.5 Å². The second-order valence-electron chi connectivity index (χ2n) is 4.78. The van der Waals surface area contributed by atoms with Crippen LogP contribution in [0.4, 0.5) is 11.4 Å². The van der Waals surface area contributed by atoms with Crippen molar-refractivity contribution in [3.8, 4) is 0 Å². The van der Waals surface area contributed by atoms with Crippen LogP contribution in [-0.4, -0.2) is 23.2 Å². The fourth-order valence-electron chi connectivity index (χ4n) is 2.43. The van der Waals surface area contributed by atoms with Crippen molar-refractivity contribution in [1.29, 1.82) is 0 Å². The number of piperidine rings is 1. The van der Waals surface area contributed by atoms with Crippen LogP contribution in [0, 0.1) is 16.0 Å². The van der Waals surface area contributed by atoms with Gasteiger partial charge in [0.1, 0.15) is 5.78 Å². The molecule has 1 atom stereocenters. The average Bonchev–Trinajstić information content (AvgIpc) is 2.47. The molecule has 0 bridgehead atoms. The fraction of sp³-hybridized carbons (Fsp3) is 0.429. The predicted molar refractivity (Wildman–Crippen MR) is 73.5 cm³/mol. The summed E-state index contributed by atoms with van der Waals surface area (Å²) in [5.74, 6) is -0.803. The van der Waals surface area contributed by atoms with E-state index in [0.29, 0.717) is 25.1 Å². The summed E-state index contributed by atoms with van der Waals surface area (Å²) in [6.45, 7) is 2.30. The van der Waals surface area contributed by atoms with E-state index in [9.17, 15) is 19.7 Å². The normalized spacial score (nSPS) is 18.9. The third-order valence-electron chi connectivity index (χ3n) is 3.55. The number of rotatable bonds is 4. The quantitative estimate of drug-likeness (QED) is 0.480. The number of hydrogen-bond acceptors (Lipinski definition) is 4. The Balaban J connectivity index is 2.21. The lowest BCUT2D eigenvalue weighted by molar-refractivity contribution is -0.384. The number of nitro benzene ring substituents is 1. The van der Waals surface area contributed by atoms with Crippen molar-refractivity contribution in [3.63, 3.8) is 0 Å². The van der Waals surface area contributed by atoms with Gasteiger partial charge in [-0.2, -0.15) is 0 Å². The second-order valence-corrected chi connectivity index (χ2v) is 4.78. The van der Waals surface area contributed by atoms with E-state index in [2.05, 4.69) is 0 Å². The molecule has 1 heterocycles. The van der Waals surface area contributed by atoms with Crippen LogP contribution in [-0.2, 0) is 9.59 Å². The van der Waals surface area contributed by atoms with Gasteiger partial charge in [-0.3, -0.25) is 19.7 Å². The molecule has 1 fully saturated rings. The maximum atomic E-state index is 12.3. The van der Waals surface area contributed by atoms with Gasteiger partial charge in [0.05, 0.1) is 10.8 Å². The highest BCUT2D eigenvalue weighted by atomic mass is 16.6. The third kappa shape index (κ3) is 2.68. The zero-order valence-electron chi connectivity index (χ0n) is 11.2. The minimum Gasteiger partial charge on any atom is -0.312 e. The number of nitro groups is 1. The van der Waals surface area contributed by atoms with Crippen molar-refractivity contribution in [2.24, 2.45) is 5.92 Å². The third-order valence-corrected chi connectivity index (χ3v) is 3.55. The molecule has 6 nitrogen and oxygen atoms in total. The van der Waals surface area contributed by atoms with E-state index in [4.69, 9.17) is 0 Å². The summed E-state index contributed by atoms with van der Waals surface area (Å²) < 4.78 is 0. The molecule has 0 radical (unpaired) electrons. The van der Waals surface area contributed by atoms with Crippen molar-refractivity contribution in [2.75, 3.05) is 11.4 Å². The number of amides is 1. The number of non-ortho nitro benzene ring substituents is 1. The van der Waals surface area contributed by atoms with E-state index in [1.165, 1.54) is 12.1 Å². The van der Waals surface area contributed by atoms with Crippen LogP contribution in [0.2, 0.25) is 0 Å². The molecule has 2 rings (SSSR count). The smallest absolute Gasteiger partial charge is 0.269 e. The first kappa shape index (κ1) is 14.2. The molecule has 20 heavy (non-hydrogen) atoms. The lowest BCUT2D eigenvalue weighted by atomic mass is 9.91. The SMILES string of the molecule is CCC(=O)C1CCCN(c2ccc([N+](=O)[O-])cc2)C1=O. The monoisotopic (exact) mass is 276 g/mol. The van der Waals surface area contributed by atoms with Crippen LogP contribution in [0.25, 0.3) is 0 Å². The number of hydrogen-bond donors (Lipinski definition) is 0. The van der Waals surface area contributed by atoms with Gasteiger partial charge in [-0.25, -0.2) is 0 Å². The summed E-state index contributed by atoms with van der Waals surface area (Å²) >= 11 is 0. The molecule has 1 aliphatic rings. The van der Waals surface area contributed by atoms with Gasteiger partial charge in [0, 0.05) is 30.8 Å². The van der Waals surface area contributed by atoms with Crippen LogP contribution >= 0.6 is 0 Å². The molecule has 1 saturated heterocycles. The Morgan fingerprint density at radius 1 is 1.40 bits per heavy atom. The summed E-state index contributed by atoms with van der Waals surface area (Å²) in [5, 5.41) is 10.6. The molecule has 0 aliphatic carbocycles. The van der Waals surface area contributed by atoms with Gasteiger partial charge < -0.3 is 4.90 Å². The zero-order valence-corrected chi connectivity index (χ0v) is 11.2. The molecule has 0 aromatic heterocycles. The molecule has 6 heteroatoms. The lowest BCUT2D eigenvalue weighted by Crippen LogP contribution is -2.44. The Kier molecular flexibility index (Phi) is 4.12. The average molecular weight is 276 g/mol. The number of benzene rings is 1. The summed E-state index contributed by atoms with van der Waals surface area (Å²) in [6, 6.07) is 5.84. The second kappa shape index (κ2) is 5.81. The number of Topliss-reactive ketones (excluding diaryl/α,β-unsaturated/α-hetero) is 1. The van der Waals surface area contributed by atoms with E-state index in [1.54, 1.807) is 24.0 Å².